The van der Waals surface area contributed by atoms with Gasteiger partial charge in [-0.1, -0.05) is 66.2 Å². The zero-order valence-corrected chi connectivity index (χ0v) is 19.4. The molecule has 1 aromatic carbocycles. The molecule has 2 N–H and O–H groups in total. The summed E-state index contributed by atoms with van der Waals surface area (Å²) >= 11 is 0. The zero-order chi connectivity index (χ0) is 22.7. The molecule has 2 aromatic rings. The molecule has 1 aliphatic rings. The third-order valence-electron chi connectivity index (χ3n) is 6.28. The Morgan fingerprint density at radius 2 is 1.57 bits per heavy atom. The maximum atomic E-state index is 13.4. The normalized spacial score (nSPS) is 15.4. The molecule has 0 atom stereocenters. The van der Waals surface area contributed by atoms with Crippen LogP contribution in [0.2, 0.25) is 0 Å². The molecular weight excluding hydrogens is 386 g/mol. The van der Waals surface area contributed by atoms with Gasteiger partial charge in [0.05, 0.1) is 11.0 Å². The van der Waals surface area contributed by atoms with Crippen LogP contribution in [0.5, 0.6) is 0 Å². The lowest BCUT2D eigenvalue weighted by atomic mass is 9.74. The Balaban J connectivity index is 0.000000342. The molecule has 0 spiro atoms. The molecule has 1 aromatic heterocycles. The Bertz CT molecular complexity index is 801. The summed E-state index contributed by atoms with van der Waals surface area (Å²) in [5.41, 5.74) is 1.21. The molecule has 1 aliphatic carbocycles. The fourth-order valence-corrected chi connectivity index (χ4v) is 4.31. The van der Waals surface area contributed by atoms with Crippen LogP contribution >= 0.6 is 0 Å². The molecule has 4 nitrogen and oxygen atoms in total. The summed E-state index contributed by atoms with van der Waals surface area (Å²) in [4.78, 5) is 14.6. The summed E-state index contributed by atoms with van der Waals surface area (Å²) in [5, 5.41) is 7.00. The van der Waals surface area contributed by atoms with Crippen LogP contribution in [0.15, 0.2) is 16.9 Å². The van der Waals surface area contributed by atoms with Crippen molar-refractivity contribution in [1.82, 2.24) is 9.55 Å². The fraction of sp³-hybridized carbons (Fsp3) is 0.708. The van der Waals surface area contributed by atoms with E-state index in [9.17, 15) is 13.6 Å². The van der Waals surface area contributed by atoms with E-state index in [0.29, 0.717) is 11.0 Å². The van der Waals surface area contributed by atoms with Gasteiger partial charge >= 0.3 is 5.69 Å². The number of H-pyrrole nitrogens is 1. The van der Waals surface area contributed by atoms with Crippen LogP contribution in [0.25, 0.3) is 11.0 Å². The van der Waals surface area contributed by atoms with Crippen molar-refractivity contribution in [2.75, 3.05) is 7.11 Å². The summed E-state index contributed by atoms with van der Waals surface area (Å²) in [6.45, 7) is 8.85. The maximum absolute atomic E-state index is 13.4. The second-order valence-electron chi connectivity index (χ2n) is 8.54. The summed E-state index contributed by atoms with van der Waals surface area (Å²) in [7, 11) is 1.00. The Morgan fingerprint density at radius 1 is 1.03 bits per heavy atom. The van der Waals surface area contributed by atoms with Crippen molar-refractivity contribution in [3.63, 3.8) is 0 Å². The molecule has 6 heteroatoms. The molecule has 1 saturated carbocycles. The van der Waals surface area contributed by atoms with Gasteiger partial charge in [0.2, 0.25) is 0 Å². The number of aromatic amines is 1. The van der Waals surface area contributed by atoms with Crippen molar-refractivity contribution in [2.24, 2.45) is 5.41 Å². The minimum Gasteiger partial charge on any atom is -0.400 e. The first-order chi connectivity index (χ1) is 14.3. The highest BCUT2D eigenvalue weighted by Gasteiger charge is 2.23. The molecule has 0 radical (unpaired) electrons. The number of hydrogen-bond donors (Lipinski definition) is 2. The second kappa shape index (κ2) is 12.9. The van der Waals surface area contributed by atoms with Crippen molar-refractivity contribution in [3.05, 3.63) is 34.3 Å². The van der Waals surface area contributed by atoms with Crippen LogP contribution in [0.4, 0.5) is 8.78 Å². The van der Waals surface area contributed by atoms with Gasteiger partial charge in [0.25, 0.3) is 0 Å². The minimum absolute atomic E-state index is 0.0288. The lowest BCUT2D eigenvalue weighted by Gasteiger charge is -2.32. The number of halogens is 2. The van der Waals surface area contributed by atoms with Gasteiger partial charge in [0.1, 0.15) is 0 Å². The van der Waals surface area contributed by atoms with Crippen LogP contribution < -0.4 is 5.69 Å². The van der Waals surface area contributed by atoms with E-state index in [-0.39, 0.29) is 11.7 Å². The second-order valence-corrected chi connectivity index (χ2v) is 8.54. The van der Waals surface area contributed by atoms with Crippen LogP contribution in [-0.4, -0.2) is 21.8 Å². The van der Waals surface area contributed by atoms with E-state index in [1.54, 1.807) is 4.57 Å². The number of nitrogens with zero attached hydrogens (tertiary/aromatic N) is 1. The first-order valence-electron chi connectivity index (χ1n) is 11.4. The summed E-state index contributed by atoms with van der Waals surface area (Å²) < 4.78 is 28.1. The van der Waals surface area contributed by atoms with Gasteiger partial charge in [0, 0.05) is 25.3 Å². The molecule has 0 saturated heterocycles. The Hall–Kier alpha value is -1.69. The number of hydrogen-bond acceptors (Lipinski definition) is 2. The van der Waals surface area contributed by atoms with E-state index in [2.05, 4.69) is 18.8 Å². The number of imidazole rings is 1. The summed E-state index contributed by atoms with van der Waals surface area (Å²) in [6.07, 6.45) is 12.3. The third kappa shape index (κ3) is 6.93. The molecule has 0 unspecified atom stereocenters. The van der Waals surface area contributed by atoms with Crippen molar-refractivity contribution in [2.45, 2.75) is 97.9 Å². The molecule has 0 aliphatic heterocycles. The van der Waals surface area contributed by atoms with E-state index in [0.717, 1.165) is 50.3 Å². The predicted octanol–water partition coefficient (Wildman–Crippen LogP) is 6.72. The average Bonchev–Trinajstić information content (AvgIpc) is 3.05. The maximum Gasteiger partial charge on any atom is 0.326 e. The highest BCUT2D eigenvalue weighted by atomic mass is 19.2. The highest BCUT2D eigenvalue weighted by Crippen LogP contribution is 2.38. The van der Waals surface area contributed by atoms with Gasteiger partial charge in [0.15, 0.2) is 11.6 Å². The minimum atomic E-state index is -0.941. The van der Waals surface area contributed by atoms with E-state index < -0.39 is 11.6 Å². The monoisotopic (exact) mass is 426 g/mol. The Labute approximate surface area is 179 Å². The van der Waals surface area contributed by atoms with E-state index in [1.165, 1.54) is 38.5 Å². The molecule has 1 fully saturated rings. The fourth-order valence-electron chi connectivity index (χ4n) is 4.31. The summed E-state index contributed by atoms with van der Waals surface area (Å²) in [6, 6.07) is 2.17. The molecule has 172 valence electrons. The Morgan fingerprint density at radius 3 is 2.03 bits per heavy atom. The molecule has 0 bridgehead atoms. The molecule has 1 heterocycles. The van der Waals surface area contributed by atoms with Gasteiger partial charge in [-0.2, -0.15) is 0 Å². The number of rotatable bonds is 6. The standard InChI is InChI=1S/C14H18F2N2O.C9H18.CH4O/c1-3-5-9(6-4-2)18-13-8-11(16)10(15)7-12(13)17-14(18)19;1-3-9(2)7-5-4-6-8-9;1-2/h7-9H,3-6H2,1-2H3,(H,17,19);3-8H2,1-2H3;2H,1H3. The quantitative estimate of drug-likeness (QED) is 0.538. The van der Waals surface area contributed by atoms with Gasteiger partial charge in [-0.25, -0.2) is 13.6 Å². The van der Waals surface area contributed by atoms with Crippen LogP contribution in [0.1, 0.15) is 97.9 Å². The zero-order valence-electron chi connectivity index (χ0n) is 19.4. The lowest BCUT2D eigenvalue weighted by Crippen LogP contribution is -2.22. The molecular formula is C24H40F2N2O2. The van der Waals surface area contributed by atoms with Gasteiger partial charge < -0.3 is 10.1 Å². The first-order valence-corrected chi connectivity index (χ1v) is 11.4. The van der Waals surface area contributed by atoms with Gasteiger partial charge in [-0.15, -0.1) is 0 Å². The predicted molar refractivity (Wildman–Crippen MR) is 121 cm³/mol. The third-order valence-corrected chi connectivity index (χ3v) is 6.28. The SMILES string of the molecule is CCC1(C)CCCCC1.CCCC(CCC)n1c(=O)[nH]c2cc(F)c(F)cc21.CO. The number of aliphatic hydroxyl groups is 1. The van der Waals surface area contributed by atoms with Gasteiger partial charge in [-0.05, 0) is 31.1 Å². The van der Waals surface area contributed by atoms with Crippen LogP contribution in [-0.2, 0) is 0 Å². The number of fused-ring (bicyclic) bond motifs is 1. The van der Waals surface area contributed by atoms with E-state index >= 15 is 0 Å². The first kappa shape index (κ1) is 26.3. The van der Waals surface area contributed by atoms with Crippen molar-refractivity contribution in [1.29, 1.82) is 0 Å². The molecule has 30 heavy (non-hydrogen) atoms. The average molecular weight is 427 g/mol. The number of benzene rings is 1. The number of nitrogens with one attached hydrogen (secondary N) is 1. The highest BCUT2D eigenvalue weighted by molar-refractivity contribution is 5.75. The number of aliphatic hydroxyl groups excluding tert-OH is 1. The largest absolute Gasteiger partial charge is 0.400 e. The van der Waals surface area contributed by atoms with E-state index in [4.69, 9.17) is 5.11 Å². The van der Waals surface area contributed by atoms with Gasteiger partial charge in [-0.3, -0.25) is 4.57 Å². The molecule has 0 amide bonds. The lowest BCUT2D eigenvalue weighted by molar-refractivity contribution is 0.208. The van der Waals surface area contributed by atoms with Crippen molar-refractivity contribution in [3.8, 4) is 0 Å². The van der Waals surface area contributed by atoms with Crippen molar-refractivity contribution >= 4 is 11.0 Å². The summed E-state index contributed by atoms with van der Waals surface area (Å²) in [5.74, 6) is -1.87. The molecule has 3 rings (SSSR count). The van der Waals surface area contributed by atoms with Crippen molar-refractivity contribution < 1.29 is 13.9 Å². The smallest absolute Gasteiger partial charge is 0.326 e. The number of aromatic nitrogens is 2. The topological polar surface area (TPSA) is 58.0 Å². The van der Waals surface area contributed by atoms with Crippen LogP contribution in [0.3, 0.4) is 0 Å². The Kier molecular flexibility index (Phi) is 11.3. The van der Waals surface area contributed by atoms with E-state index in [1.807, 2.05) is 13.8 Å². The van der Waals surface area contributed by atoms with Crippen LogP contribution in [0, 0.1) is 17.0 Å².